The Morgan fingerprint density at radius 1 is 1.03 bits per heavy atom. The molecule has 0 aliphatic heterocycles. The second-order valence-electron chi connectivity index (χ2n) is 7.04. The number of nitrogens with zero attached hydrogens (tertiary/aromatic N) is 4. The molecule has 4 aromatic rings. The van der Waals surface area contributed by atoms with E-state index in [1.807, 2.05) is 56.3 Å². The fraction of sp³-hybridized carbons (Fsp3) is 0.0870. The van der Waals surface area contributed by atoms with E-state index in [0.29, 0.717) is 5.13 Å². The molecule has 0 radical (unpaired) electrons. The topological polar surface area (TPSA) is 88.7 Å². The Morgan fingerprint density at radius 2 is 1.71 bits per heavy atom. The van der Waals surface area contributed by atoms with Gasteiger partial charge in [-0.3, -0.25) is 14.9 Å². The van der Waals surface area contributed by atoms with Crippen LogP contribution in [0.25, 0.3) is 10.2 Å². The van der Waals surface area contributed by atoms with Gasteiger partial charge in [0.2, 0.25) is 5.13 Å². The third kappa shape index (κ3) is 4.49. The first-order valence-corrected chi connectivity index (χ1v) is 10.3. The lowest BCUT2D eigenvalue weighted by Crippen LogP contribution is -2.25. The largest absolute Gasteiger partial charge is 0.280 e. The van der Waals surface area contributed by atoms with Crippen LogP contribution in [0, 0.1) is 24.0 Å². The first-order valence-electron chi connectivity index (χ1n) is 9.47. The summed E-state index contributed by atoms with van der Waals surface area (Å²) in [5, 5.41) is 17.0. The number of benzene rings is 3. The van der Waals surface area contributed by atoms with Gasteiger partial charge < -0.3 is 0 Å². The number of carbonyl (C=O) groups excluding carboxylic acids is 1. The highest BCUT2D eigenvalue weighted by atomic mass is 32.1. The van der Waals surface area contributed by atoms with Crippen molar-refractivity contribution in [1.82, 2.24) is 4.98 Å². The predicted molar refractivity (Wildman–Crippen MR) is 123 cm³/mol. The summed E-state index contributed by atoms with van der Waals surface area (Å²) >= 11 is 1.36. The van der Waals surface area contributed by atoms with Crippen molar-refractivity contribution < 1.29 is 9.72 Å². The summed E-state index contributed by atoms with van der Waals surface area (Å²) in [6.45, 7) is 3.99. The van der Waals surface area contributed by atoms with Gasteiger partial charge in [-0.25, -0.2) is 4.98 Å². The Morgan fingerprint density at radius 3 is 2.39 bits per heavy atom. The van der Waals surface area contributed by atoms with Crippen LogP contribution in [0.3, 0.4) is 0 Å². The van der Waals surface area contributed by atoms with Crippen LogP contribution < -0.4 is 5.01 Å². The predicted octanol–water partition coefficient (Wildman–Crippen LogP) is 5.50. The monoisotopic (exact) mass is 430 g/mol. The number of aryl methyl sites for hydroxylation is 2. The SMILES string of the molecule is Cc1ccc(/C=N/N(C(=O)c2ccc([N+](=O)[O-])cc2)c2nc3ccc(C)cc3s2)cc1. The number of amides is 1. The number of hydrogen-bond donors (Lipinski definition) is 0. The Hall–Kier alpha value is -3.91. The molecule has 154 valence electrons. The van der Waals surface area contributed by atoms with Gasteiger partial charge in [0.15, 0.2) is 0 Å². The van der Waals surface area contributed by atoms with Crippen LogP contribution in [0.2, 0.25) is 0 Å². The van der Waals surface area contributed by atoms with E-state index in [1.54, 1.807) is 6.21 Å². The van der Waals surface area contributed by atoms with Gasteiger partial charge in [-0.05, 0) is 49.2 Å². The number of nitro benzene ring substituents is 1. The molecular weight excluding hydrogens is 412 g/mol. The molecule has 0 bridgehead atoms. The maximum atomic E-state index is 13.3. The summed E-state index contributed by atoms with van der Waals surface area (Å²) in [6, 6.07) is 19.1. The number of thiazole rings is 1. The highest BCUT2D eigenvalue weighted by Gasteiger charge is 2.22. The molecule has 31 heavy (non-hydrogen) atoms. The third-order valence-corrected chi connectivity index (χ3v) is 5.62. The minimum absolute atomic E-state index is 0.0817. The molecule has 1 amide bonds. The highest BCUT2D eigenvalue weighted by Crippen LogP contribution is 2.31. The molecule has 0 N–H and O–H groups in total. The molecular formula is C23H18N4O3S. The Bertz CT molecular complexity index is 1290. The molecule has 0 aliphatic carbocycles. The number of nitro groups is 1. The van der Waals surface area contributed by atoms with E-state index in [0.717, 1.165) is 26.9 Å². The molecule has 0 fully saturated rings. The normalized spacial score (nSPS) is 11.2. The molecule has 0 atom stereocenters. The zero-order valence-electron chi connectivity index (χ0n) is 16.9. The Labute approximate surface area is 182 Å². The lowest BCUT2D eigenvalue weighted by atomic mass is 10.2. The van der Waals surface area contributed by atoms with Gasteiger partial charge in [0, 0.05) is 17.7 Å². The number of carbonyl (C=O) groups is 1. The fourth-order valence-corrected chi connectivity index (χ4v) is 3.94. The number of rotatable bonds is 5. The van der Waals surface area contributed by atoms with Crippen molar-refractivity contribution in [3.63, 3.8) is 0 Å². The molecule has 8 heteroatoms. The number of hydrogen-bond acceptors (Lipinski definition) is 6. The maximum Gasteiger partial charge on any atom is 0.280 e. The van der Waals surface area contributed by atoms with Crippen LogP contribution >= 0.6 is 11.3 Å². The van der Waals surface area contributed by atoms with Crippen molar-refractivity contribution >= 4 is 44.5 Å². The van der Waals surface area contributed by atoms with Gasteiger partial charge in [0.25, 0.3) is 11.6 Å². The lowest BCUT2D eigenvalue weighted by Gasteiger charge is -2.13. The quantitative estimate of drug-likeness (QED) is 0.237. The van der Waals surface area contributed by atoms with Crippen molar-refractivity contribution in [1.29, 1.82) is 0 Å². The summed E-state index contributed by atoms with van der Waals surface area (Å²) in [5.41, 5.74) is 4.03. The van der Waals surface area contributed by atoms with Crippen molar-refractivity contribution in [3.8, 4) is 0 Å². The first kappa shape index (κ1) is 20.4. The molecule has 1 heterocycles. The minimum atomic E-state index is -0.503. The van der Waals surface area contributed by atoms with Crippen LogP contribution in [-0.4, -0.2) is 22.0 Å². The van der Waals surface area contributed by atoms with Gasteiger partial charge in [-0.15, -0.1) is 0 Å². The van der Waals surface area contributed by atoms with Crippen LogP contribution in [0.15, 0.2) is 71.8 Å². The van der Waals surface area contributed by atoms with Crippen LogP contribution in [0.5, 0.6) is 0 Å². The van der Waals surface area contributed by atoms with E-state index in [4.69, 9.17) is 0 Å². The summed E-state index contributed by atoms with van der Waals surface area (Å²) in [4.78, 5) is 28.3. The number of aromatic nitrogens is 1. The van der Waals surface area contributed by atoms with Gasteiger partial charge >= 0.3 is 0 Å². The molecule has 0 unspecified atom stereocenters. The zero-order valence-corrected chi connectivity index (χ0v) is 17.7. The van der Waals surface area contributed by atoms with Crippen molar-refractivity contribution in [3.05, 3.63) is 99.1 Å². The molecule has 0 spiro atoms. The second-order valence-corrected chi connectivity index (χ2v) is 8.05. The molecule has 0 saturated carbocycles. The molecule has 1 aromatic heterocycles. The van der Waals surface area contributed by atoms with Crippen LogP contribution in [-0.2, 0) is 0 Å². The average Bonchev–Trinajstić information content (AvgIpc) is 3.17. The fourth-order valence-electron chi connectivity index (χ4n) is 2.92. The third-order valence-electron chi connectivity index (χ3n) is 4.63. The number of hydrazone groups is 1. The molecule has 4 rings (SSSR count). The average molecular weight is 430 g/mol. The minimum Gasteiger partial charge on any atom is -0.267 e. The number of anilines is 1. The standard InChI is InChI=1S/C23H18N4O3S/c1-15-3-6-17(7-4-15)14-24-26(22(28)18-8-10-19(11-9-18)27(29)30)23-25-20-12-5-16(2)13-21(20)31-23/h3-14H,1-2H3/b24-14+. The Balaban J connectivity index is 1.74. The first-order chi connectivity index (χ1) is 14.9. The van der Waals surface area contributed by atoms with Gasteiger partial charge in [0.05, 0.1) is 21.4 Å². The summed E-state index contributed by atoms with van der Waals surface area (Å²) in [6.07, 6.45) is 1.60. The smallest absolute Gasteiger partial charge is 0.267 e. The number of fused-ring (bicyclic) bond motifs is 1. The maximum absolute atomic E-state index is 13.3. The van der Waals surface area contributed by atoms with Crippen molar-refractivity contribution in [2.24, 2.45) is 5.10 Å². The van der Waals surface area contributed by atoms with Crippen LogP contribution in [0.4, 0.5) is 10.8 Å². The van der Waals surface area contributed by atoms with E-state index in [1.165, 1.54) is 40.6 Å². The summed E-state index contributed by atoms with van der Waals surface area (Å²) in [5.74, 6) is -0.422. The molecule has 3 aromatic carbocycles. The lowest BCUT2D eigenvalue weighted by molar-refractivity contribution is -0.384. The zero-order chi connectivity index (χ0) is 22.0. The van der Waals surface area contributed by atoms with E-state index in [-0.39, 0.29) is 11.3 Å². The van der Waals surface area contributed by atoms with Crippen LogP contribution in [0.1, 0.15) is 27.0 Å². The molecule has 7 nitrogen and oxygen atoms in total. The molecule has 0 aliphatic rings. The van der Waals surface area contributed by atoms with E-state index in [9.17, 15) is 14.9 Å². The second kappa shape index (κ2) is 8.45. The van der Waals surface area contributed by atoms with Gasteiger partial charge in [0.1, 0.15) is 0 Å². The van der Waals surface area contributed by atoms with Gasteiger partial charge in [-0.1, -0.05) is 47.2 Å². The highest BCUT2D eigenvalue weighted by molar-refractivity contribution is 7.22. The van der Waals surface area contributed by atoms with Crippen molar-refractivity contribution in [2.75, 3.05) is 5.01 Å². The van der Waals surface area contributed by atoms with E-state index in [2.05, 4.69) is 10.1 Å². The molecule has 0 saturated heterocycles. The van der Waals surface area contributed by atoms with Crippen molar-refractivity contribution in [2.45, 2.75) is 13.8 Å². The Kier molecular flexibility index (Phi) is 5.55. The summed E-state index contributed by atoms with van der Waals surface area (Å²) < 4.78 is 0.946. The van der Waals surface area contributed by atoms with Gasteiger partial charge in [-0.2, -0.15) is 10.1 Å². The number of non-ortho nitro benzene ring substituents is 1. The van der Waals surface area contributed by atoms with E-state index < -0.39 is 10.8 Å². The van der Waals surface area contributed by atoms with E-state index >= 15 is 0 Å². The summed E-state index contributed by atoms with van der Waals surface area (Å²) in [7, 11) is 0.